The highest BCUT2D eigenvalue weighted by molar-refractivity contribution is 6.46. The molecule has 10 heavy (non-hydrogen) atoms. The van der Waals surface area contributed by atoms with E-state index in [-0.39, 0.29) is 23.1 Å². The van der Waals surface area contributed by atoms with Gasteiger partial charge in [-0.05, 0) is 0 Å². The molecule has 0 aromatic heterocycles. The summed E-state index contributed by atoms with van der Waals surface area (Å²) in [6.07, 6.45) is 0. The minimum absolute atomic E-state index is 0. The van der Waals surface area contributed by atoms with E-state index in [1.54, 1.807) is 0 Å². The van der Waals surface area contributed by atoms with Crippen LogP contribution in [0.4, 0.5) is 0 Å². The molecule has 0 unspecified atom stereocenters. The minimum atomic E-state index is -4.61. The molecule has 60 valence electrons. The molecule has 0 saturated carbocycles. The van der Waals surface area contributed by atoms with Crippen molar-refractivity contribution in [3.05, 3.63) is 0 Å². The maximum Gasteiger partial charge on any atom is 0.668 e. The summed E-state index contributed by atoms with van der Waals surface area (Å²) >= 11 is 0. The summed E-state index contributed by atoms with van der Waals surface area (Å²) < 4.78 is 0. The molecule has 0 atom stereocenters. The van der Waals surface area contributed by atoms with Crippen LogP contribution in [-0.4, -0.2) is 73.7 Å². The van der Waals surface area contributed by atoms with Crippen molar-refractivity contribution in [3.8, 4) is 0 Å². The van der Waals surface area contributed by atoms with Gasteiger partial charge in [0.15, 0.2) is 0 Å². The molecule has 10 heteroatoms. The van der Waals surface area contributed by atoms with E-state index in [1.807, 2.05) is 0 Å². The van der Waals surface area contributed by atoms with Gasteiger partial charge in [-0.3, -0.25) is 0 Å². The number of hydrogen-bond donors (Lipinski definition) is 7. The second kappa shape index (κ2) is 7.87. The van der Waals surface area contributed by atoms with Gasteiger partial charge in [0.1, 0.15) is 0 Å². The van der Waals surface area contributed by atoms with Gasteiger partial charge in [0.05, 0.1) is 0 Å². The molecule has 0 spiro atoms. The van der Waals surface area contributed by atoms with Gasteiger partial charge in [-0.1, -0.05) is 0 Å². The first-order valence-electron chi connectivity index (χ1n) is 1.67. The van der Waals surface area contributed by atoms with Crippen LogP contribution >= 0.6 is 0 Å². The summed E-state index contributed by atoms with van der Waals surface area (Å²) in [5.74, 6) is 0. The molecule has 0 aromatic carbocycles. The second-order valence-corrected chi connectivity index (χ2v) is 2.15. The zero-order chi connectivity index (χ0) is 8.08. The van der Waals surface area contributed by atoms with E-state index in [0.717, 1.165) is 0 Å². The van der Waals surface area contributed by atoms with E-state index in [4.69, 9.17) is 34.3 Å². The molecular weight excluding hydrogens is 175 g/mol. The lowest BCUT2D eigenvalue weighted by atomic mass is 10.3. The second-order valence-electron chi connectivity index (χ2n) is 0.946. The van der Waals surface area contributed by atoms with Crippen molar-refractivity contribution in [2.45, 2.75) is 0 Å². The van der Waals surface area contributed by atoms with Gasteiger partial charge in [0.2, 0.25) is 0 Å². The molecule has 7 N–H and O–H groups in total. The predicted molar refractivity (Wildman–Crippen MR) is 35.6 cm³/mol. The average molecular weight is 184 g/mol. The topological polar surface area (TPSA) is 142 Å². The zero-order valence-electron chi connectivity index (χ0n) is 4.21. The van der Waals surface area contributed by atoms with Crippen LogP contribution in [0, 0.1) is 0 Å². The predicted octanol–water partition coefficient (Wildman–Crippen LogP) is -5.58. The van der Waals surface area contributed by atoms with Crippen LogP contribution in [0.15, 0.2) is 0 Å². The van der Waals surface area contributed by atoms with Gasteiger partial charge in [0, 0.05) is 0 Å². The normalized spacial score (nSPS) is 8.70. The SMILES string of the molecule is OB(O)O.O[Si](O)(O)O.[MgH2]. The summed E-state index contributed by atoms with van der Waals surface area (Å²) in [5, 5.41) is 21.5. The van der Waals surface area contributed by atoms with Crippen LogP contribution in [0.5, 0.6) is 0 Å². The van der Waals surface area contributed by atoms with Crippen LogP contribution in [-0.2, 0) is 0 Å². The van der Waals surface area contributed by atoms with Crippen molar-refractivity contribution in [1.82, 2.24) is 0 Å². The molecule has 0 rings (SSSR count). The van der Waals surface area contributed by atoms with Crippen molar-refractivity contribution in [2.24, 2.45) is 0 Å². The summed E-state index contributed by atoms with van der Waals surface area (Å²) in [5.41, 5.74) is 0. The fraction of sp³-hybridized carbons (Fsp3) is 0. The average Bonchev–Trinajstić information content (AvgIpc) is 1.19. The Bertz CT molecular complexity index is 50.4. The lowest BCUT2D eigenvalue weighted by Gasteiger charge is -1.91. The molecule has 0 bridgehead atoms. The molecular formula is H9BMgO7Si. The fourth-order valence-electron chi connectivity index (χ4n) is 0. The van der Waals surface area contributed by atoms with Gasteiger partial charge in [-0.2, -0.15) is 0 Å². The maximum atomic E-state index is 7.33. The maximum absolute atomic E-state index is 7.33. The summed E-state index contributed by atoms with van der Waals surface area (Å²) in [4.78, 5) is 29.3. The monoisotopic (exact) mass is 184 g/mol. The van der Waals surface area contributed by atoms with E-state index >= 15 is 0 Å². The van der Waals surface area contributed by atoms with E-state index in [9.17, 15) is 0 Å². The molecule has 0 heterocycles. The summed E-state index contributed by atoms with van der Waals surface area (Å²) in [6, 6.07) is 0. The Morgan fingerprint density at radius 3 is 0.800 bits per heavy atom. The Kier molecular flexibility index (Phi) is 13.4. The van der Waals surface area contributed by atoms with Crippen molar-refractivity contribution < 1.29 is 34.3 Å². The minimum Gasteiger partial charge on any atom is -0.402 e. The molecule has 0 amide bonds. The molecule has 0 fully saturated rings. The summed E-state index contributed by atoms with van der Waals surface area (Å²) in [6.45, 7) is 0. The van der Waals surface area contributed by atoms with Gasteiger partial charge >= 0.3 is 39.4 Å². The molecule has 0 aliphatic carbocycles. The molecule has 7 nitrogen and oxygen atoms in total. The Balaban J connectivity index is -0.0000000910. The van der Waals surface area contributed by atoms with E-state index in [0.29, 0.717) is 0 Å². The third-order valence-corrected chi connectivity index (χ3v) is 0. The van der Waals surface area contributed by atoms with Gasteiger partial charge < -0.3 is 34.3 Å². The van der Waals surface area contributed by atoms with Crippen LogP contribution in [0.25, 0.3) is 0 Å². The highest BCUT2D eigenvalue weighted by atomic mass is 28.4. The molecule has 0 aromatic rings. The Morgan fingerprint density at radius 2 is 0.800 bits per heavy atom. The van der Waals surface area contributed by atoms with Crippen LogP contribution in [0.1, 0.15) is 0 Å². The van der Waals surface area contributed by atoms with Gasteiger partial charge in [0.25, 0.3) is 0 Å². The van der Waals surface area contributed by atoms with Gasteiger partial charge in [-0.25, -0.2) is 0 Å². The Hall–Kier alpha value is 0.768. The van der Waals surface area contributed by atoms with Gasteiger partial charge in [-0.15, -0.1) is 0 Å². The van der Waals surface area contributed by atoms with Crippen LogP contribution < -0.4 is 0 Å². The molecule has 0 aliphatic rings. The third-order valence-electron chi connectivity index (χ3n) is 0. The lowest BCUT2D eigenvalue weighted by molar-refractivity contribution is 0.117. The largest absolute Gasteiger partial charge is 0.668 e. The molecule has 0 saturated heterocycles. The van der Waals surface area contributed by atoms with Crippen LogP contribution in [0.2, 0.25) is 0 Å². The lowest BCUT2D eigenvalue weighted by Crippen LogP contribution is -2.33. The zero-order valence-corrected chi connectivity index (χ0v) is 5.21. The Labute approximate surface area is 74.0 Å². The van der Waals surface area contributed by atoms with Crippen molar-refractivity contribution >= 4 is 39.4 Å². The van der Waals surface area contributed by atoms with Crippen molar-refractivity contribution in [2.75, 3.05) is 0 Å². The van der Waals surface area contributed by atoms with E-state index in [1.165, 1.54) is 0 Å². The first-order valence-corrected chi connectivity index (χ1v) is 3.46. The highest BCUT2D eigenvalue weighted by Crippen LogP contribution is 1.67. The number of hydrogen-bond acceptors (Lipinski definition) is 7. The number of rotatable bonds is 0. The fourth-order valence-corrected chi connectivity index (χ4v) is 0. The first-order chi connectivity index (χ1) is 3.73. The third kappa shape index (κ3) is 897. The van der Waals surface area contributed by atoms with E-state index < -0.39 is 16.4 Å². The van der Waals surface area contributed by atoms with Crippen molar-refractivity contribution in [1.29, 1.82) is 0 Å². The molecule has 0 radical (unpaired) electrons. The van der Waals surface area contributed by atoms with Crippen molar-refractivity contribution in [3.63, 3.8) is 0 Å². The van der Waals surface area contributed by atoms with E-state index in [2.05, 4.69) is 0 Å². The van der Waals surface area contributed by atoms with Crippen LogP contribution in [0.3, 0.4) is 0 Å². The standard InChI is InChI=1S/BH3O3.Mg.H4O4Si.2H/c2-1(3)4;;1-5(2,3)4;;/h2-4H;;1-4H;;. The first kappa shape index (κ1) is 17.0. The summed E-state index contributed by atoms with van der Waals surface area (Å²) in [7, 11) is -6.78. The smallest absolute Gasteiger partial charge is 0.402 e. The Morgan fingerprint density at radius 1 is 0.800 bits per heavy atom. The quantitative estimate of drug-likeness (QED) is 0.186. The highest BCUT2D eigenvalue weighted by Gasteiger charge is 2.22. The molecule has 0 aliphatic heterocycles.